The average molecular weight is 250 g/mol. The molecule has 0 aromatic carbocycles. The predicted molar refractivity (Wildman–Crippen MR) is 67.9 cm³/mol. The van der Waals surface area contributed by atoms with Crippen molar-refractivity contribution >= 4 is 11.8 Å². The van der Waals surface area contributed by atoms with E-state index >= 15 is 0 Å². The molecule has 0 aromatic heterocycles. The summed E-state index contributed by atoms with van der Waals surface area (Å²) in [7, 11) is 0. The highest BCUT2D eigenvalue weighted by Crippen LogP contribution is 2.31. The Kier molecular flexibility index (Phi) is 3.14. The van der Waals surface area contributed by atoms with Crippen LogP contribution in [-0.4, -0.2) is 46.8 Å². The van der Waals surface area contributed by atoms with Crippen LogP contribution in [0, 0.1) is 5.92 Å². The van der Waals surface area contributed by atoms with E-state index in [9.17, 15) is 9.59 Å². The number of nitrogens with zero attached hydrogens (tertiary/aromatic N) is 2. The van der Waals surface area contributed by atoms with Crippen LogP contribution in [0.3, 0.4) is 0 Å². The maximum absolute atomic E-state index is 11.6. The van der Waals surface area contributed by atoms with Crippen molar-refractivity contribution in [2.24, 2.45) is 5.92 Å². The molecule has 0 atom stereocenters. The average Bonchev–Trinajstić information content (AvgIpc) is 2.61. The number of rotatable bonds is 2. The first-order chi connectivity index (χ1) is 8.65. The Bertz CT molecular complexity index is 339. The molecule has 2 heterocycles. The topological polar surface area (TPSA) is 40.6 Å². The molecule has 0 N–H and O–H groups in total. The number of amides is 2. The van der Waals surface area contributed by atoms with Crippen molar-refractivity contribution in [2.75, 3.05) is 13.1 Å². The third-order valence-corrected chi connectivity index (χ3v) is 4.85. The quantitative estimate of drug-likeness (QED) is 0.696. The summed E-state index contributed by atoms with van der Waals surface area (Å²) in [4.78, 5) is 27.3. The van der Waals surface area contributed by atoms with Crippen LogP contribution in [0.5, 0.6) is 0 Å². The summed E-state index contributed by atoms with van der Waals surface area (Å²) in [5.41, 5.74) is 0. The molecule has 3 aliphatic rings. The van der Waals surface area contributed by atoms with Crippen molar-refractivity contribution < 1.29 is 9.59 Å². The molecule has 0 aromatic rings. The second-order valence-electron chi connectivity index (χ2n) is 6.18. The van der Waals surface area contributed by atoms with Crippen molar-refractivity contribution in [2.45, 2.75) is 57.5 Å². The zero-order valence-electron chi connectivity index (χ0n) is 11.1. The van der Waals surface area contributed by atoms with Crippen LogP contribution in [-0.2, 0) is 9.59 Å². The molecule has 2 amide bonds. The van der Waals surface area contributed by atoms with E-state index in [2.05, 4.69) is 11.8 Å². The van der Waals surface area contributed by atoms with Crippen LogP contribution in [0.25, 0.3) is 0 Å². The van der Waals surface area contributed by atoms with Gasteiger partial charge in [-0.2, -0.15) is 0 Å². The third kappa shape index (κ3) is 2.07. The van der Waals surface area contributed by atoms with Crippen LogP contribution in [0.1, 0.15) is 45.4 Å². The molecule has 100 valence electrons. The zero-order chi connectivity index (χ0) is 12.7. The number of hydrogen-bond donors (Lipinski definition) is 0. The molecule has 4 heteroatoms. The molecule has 3 fully saturated rings. The Morgan fingerprint density at radius 1 is 0.889 bits per heavy atom. The minimum absolute atomic E-state index is 0.0434. The summed E-state index contributed by atoms with van der Waals surface area (Å²) in [6.45, 7) is 4.16. The van der Waals surface area contributed by atoms with Crippen molar-refractivity contribution in [1.29, 1.82) is 0 Å². The predicted octanol–water partition coefficient (Wildman–Crippen LogP) is 1.40. The largest absolute Gasteiger partial charge is 0.296 e. The van der Waals surface area contributed by atoms with Crippen molar-refractivity contribution in [1.82, 2.24) is 9.80 Å². The second-order valence-corrected chi connectivity index (χ2v) is 6.18. The van der Waals surface area contributed by atoms with Gasteiger partial charge in [0.15, 0.2) is 0 Å². The Morgan fingerprint density at radius 3 is 2.00 bits per heavy atom. The number of imide groups is 1. The lowest BCUT2D eigenvalue weighted by Crippen LogP contribution is -2.63. The monoisotopic (exact) mass is 250 g/mol. The standard InChI is InChI=1S/C14H22N2O2/c1-10-2-4-11(5-3-10)15-8-12(9-15)16-13(17)6-7-14(16)18/h10-12H,2-9H2,1H3. The first-order valence-electron chi connectivity index (χ1n) is 7.24. The van der Waals surface area contributed by atoms with E-state index < -0.39 is 0 Å². The van der Waals surface area contributed by atoms with Crippen molar-refractivity contribution in [3.05, 3.63) is 0 Å². The summed E-state index contributed by atoms with van der Waals surface area (Å²) in [6, 6.07) is 0.872. The number of likely N-dealkylation sites (tertiary alicyclic amines) is 2. The molecule has 1 saturated carbocycles. The van der Waals surface area contributed by atoms with Gasteiger partial charge in [0.2, 0.25) is 11.8 Å². The van der Waals surface area contributed by atoms with E-state index in [0.717, 1.165) is 19.0 Å². The highest BCUT2D eigenvalue weighted by molar-refractivity contribution is 6.02. The van der Waals surface area contributed by atoms with Gasteiger partial charge in [-0.15, -0.1) is 0 Å². The van der Waals surface area contributed by atoms with Crippen molar-refractivity contribution in [3.8, 4) is 0 Å². The first-order valence-corrected chi connectivity index (χ1v) is 7.24. The van der Waals surface area contributed by atoms with E-state index in [0.29, 0.717) is 18.9 Å². The molecular formula is C14H22N2O2. The highest BCUT2D eigenvalue weighted by atomic mass is 16.2. The van der Waals surface area contributed by atoms with Gasteiger partial charge in [0.05, 0.1) is 6.04 Å². The summed E-state index contributed by atoms with van der Waals surface area (Å²) >= 11 is 0. The Morgan fingerprint density at radius 2 is 1.44 bits per heavy atom. The lowest BCUT2D eigenvalue weighted by atomic mass is 9.85. The minimum Gasteiger partial charge on any atom is -0.296 e. The Labute approximate surface area is 108 Å². The van der Waals surface area contributed by atoms with Crippen LogP contribution in [0.4, 0.5) is 0 Å². The summed E-state index contributed by atoms with van der Waals surface area (Å²) in [5, 5.41) is 0. The summed E-state index contributed by atoms with van der Waals surface area (Å²) < 4.78 is 0. The van der Waals surface area contributed by atoms with Crippen LogP contribution in [0.2, 0.25) is 0 Å². The van der Waals surface area contributed by atoms with Gasteiger partial charge in [-0.3, -0.25) is 19.4 Å². The molecule has 3 rings (SSSR count). The first kappa shape index (κ1) is 12.2. The highest BCUT2D eigenvalue weighted by Gasteiger charge is 2.43. The molecule has 0 unspecified atom stereocenters. The normalized spacial score (nSPS) is 35.1. The molecule has 18 heavy (non-hydrogen) atoms. The van der Waals surface area contributed by atoms with Crippen LogP contribution in [0.15, 0.2) is 0 Å². The van der Waals surface area contributed by atoms with Gasteiger partial charge in [-0.05, 0) is 31.6 Å². The fourth-order valence-corrected chi connectivity index (χ4v) is 3.56. The Hall–Kier alpha value is -0.900. The SMILES string of the molecule is CC1CCC(N2CC(N3C(=O)CCC3=O)C2)CC1. The van der Waals surface area contributed by atoms with Gasteiger partial charge >= 0.3 is 0 Å². The molecule has 0 radical (unpaired) electrons. The van der Waals surface area contributed by atoms with E-state index in [1.165, 1.54) is 30.6 Å². The lowest BCUT2D eigenvalue weighted by molar-refractivity contribution is -0.146. The molecule has 2 aliphatic heterocycles. The zero-order valence-corrected chi connectivity index (χ0v) is 11.1. The van der Waals surface area contributed by atoms with E-state index in [-0.39, 0.29) is 17.9 Å². The fourth-order valence-electron chi connectivity index (χ4n) is 3.56. The Balaban J connectivity index is 1.51. The molecular weight excluding hydrogens is 228 g/mol. The third-order valence-electron chi connectivity index (χ3n) is 4.85. The van der Waals surface area contributed by atoms with Gasteiger partial charge in [-0.25, -0.2) is 0 Å². The number of carbonyl (C=O) groups excluding carboxylic acids is 2. The fraction of sp³-hybridized carbons (Fsp3) is 0.857. The van der Waals surface area contributed by atoms with Crippen molar-refractivity contribution in [3.63, 3.8) is 0 Å². The number of hydrogen-bond acceptors (Lipinski definition) is 3. The van der Waals surface area contributed by atoms with Gasteiger partial charge < -0.3 is 0 Å². The molecule has 2 saturated heterocycles. The molecule has 0 spiro atoms. The maximum atomic E-state index is 11.6. The summed E-state index contributed by atoms with van der Waals surface area (Å²) in [5.74, 6) is 0.962. The molecule has 4 nitrogen and oxygen atoms in total. The second kappa shape index (κ2) is 4.65. The van der Waals surface area contributed by atoms with Gasteiger partial charge in [-0.1, -0.05) is 6.92 Å². The number of carbonyl (C=O) groups is 2. The smallest absolute Gasteiger partial charge is 0.230 e. The van der Waals surface area contributed by atoms with Gasteiger partial charge in [0.25, 0.3) is 0 Å². The lowest BCUT2D eigenvalue weighted by Gasteiger charge is -2.48. The summed E-state index contributed by atoms with van der Waals surface area (Å²) in [6.07, 6.45) is 6.08. The molecule has 0 bridgehead atoms. The maximum Gasteiger partial charge on any atom is 0.230 e. The van der Waals surface area contributed by atoms with Crippen LogP contribution >= 0.6 is 0 Å². The molecule has 1 aliphatic carbocycles. The van der Waals surface area contributed by atoms with E-state index in [4.69, 9.17) is 0 Å². The van der Waals surface area contributed by atoms with Gasteiger partial charge in [0, 0.05) is 32.0 Å². The minimum atomic E-state index is 0.0434. The van der Waals surface area contributed by atoms with Gasteiger partial charge in [0.1, 0.15) is 0 Å². The van der Waals surface area contributed by atoms with E-state index in [1.807, 2.05) is 0 Å². The van der Waals surface area contributed by atoms with E-state index in [1.54, 1.807) is 0 Å². The van der Waals surface area contributed by atoms with Crippen LogP contribution < -0.4 is 0 Å².